The molecule has 0 aromatic heterocycles. The molecule has 0 spiro atoms. The van der Waals surface area contributed by atoms with Gasteiger partial charge in [0.05, 0.1) is 32.6 Å². The van der Waals surface area contributed by atoms with Crippen LogP contribution in [-0.4, -0.2) is 35.2 Å². The number of nitrogens with zero attached hydrogens (tertiary/aromatic N) is 1. The fourth-order valence-electron chi connectivity index (χ4n) is 3.86. The molecule has 11 heteroatoms. The number of esters is 1. The van der Waals surface area contributed by atoms with Gasteiger partial charge in [-0.3, -0.25) is 4.79 Å². The summed E-state index contributed by atoms with van der Waals surface area (Å²) < 4.78 is 17.6. The minimum atomic E-state index is -0.774. The monoisotopic (exact) mass is 689 g/mol. The van der Waals surface area contributed by atoms with E-state index in [9.17, 15) is 14.7 Å². The number of carbonyl (C=O) groups is 2. The van der Waals surface area contributed by atoms with E-state index in [1.807, 2.05) is 19.9 Å². The van der Waals surface area contributed by atoms with Crippen LogP contribution in [0.25, 0.3) is 6.08 Å². The van der Waals surface area contributed by atoms with Crippen molar-refractivity contribution in [3.63, 3.8) is 0 Å². The number of rotatable bonds is 9. The molecule has 1 amide bonds. The van der Waals surface area contributed by atoms with Gasteiger partial charge in [-0.05, 0) is 90.3 Å². The Morgan fingerprint density at radius 2 is 1.74 bits per heavy atom. The SMILES string of the molecule is CCOC(=O)C1=C(O)/C(=C/c2cc(Br)c(OCc3ccc(Cl)c(Cl)c3)c(OCC)c2)SC1=NC(=O)c1ccc(C)cc1. The van der Waals surface area contributed by atoms with E-state index in [-0.39, 0.29) is 29.6 Å². The second-order valence-corrected chi connectivity index (χ2v) is 11.6. The van der Waals surface area contributed by atoms with Crippen LogP contribution in [0, 0.1) is 6.92 Å². The summed E-state index contributed by atoms with van der Waals surface area (Å²) in [5.74, 6) is -0.717. The van der Waals surface area contributed by atoms with Crippen molar-refractivity contribution in [2.75, 3.05) is 13.2 Å². The number of amides is 1. The summed E-state index contributed by atoms with van der Waals surface area (Å²) in [5, 5.41) is 12.0. The molecule has 0 bridgehead atoms. The summed E-state index contributed by atoms with van der Waals surface area (Å²) in [7, 11) is 0. The Labute approximate surface area is 266 Å². The van der Waals surface area contributed by atoms with Gasteiger partial charge in [0.1, 0.15) is 23.0 Å². The third-order valence-corrected chi connectivity index (χ3v) is 8.22. The van der Waals surface area contributed by atoms with Gasteiger partial charge in [-0.1, -0.05) is 58.7 Å². The number of hydrogen-bond acceptors (Lipinski definition) is 7. The zero-order valence-corrected chi connectivity index (χ0v) is 26.8. The second kappa shape index (κ2) is 14.3. The van der Waals surface area contributed by atoms with Crippen molar-refractivity contribution in [2.45, 2.75) is 27.4 Å². The number of benzene rings is 3. The molecule has 3 aromatic rings. The summed E-state index contributed by atoms with van der Waals surface area (Å²) >= 11 is 16.7. The Bertz CT molecular complexity index is 1620. The molecule has 3 aromatic carbocycles. The van der Waals surface area contributed by atoms with Crippen LogP contribution in [0.2, 0.25) is 10.0 Å². The maximum Gasteiger partial charge on any atom is 0.344 e. The number of aliphatic imine (C=N–C) groups is 1. The summed E-state index contributed by atoms with van der Waals surface area (Å²) in [6.07, 6.45) is 1.66. The van der Waals surface area contributed by atoms with Crippen LogP contribution in [0.1, 0.15) is 40.9 Å². The van der Waals surface area contributed by atoms with Crippen molar-refractivity contribution >= 4 is 73.9 Å². The number of hydrogen-bond donors (Lipinski definition) is 1. The molecule has 0 unspecified atom stereocenters. The first-order chi connectivity index (χ1) is 20.1. The normalized spacial score (nSPS) is 14.9. The number of thioether (sulfide) groups is 1. The van der Waals surface area contributed by atoms with E-state index in [1.54, 1.807) is 61.5 Å². The number of carbonyl (C=O) groups excluding carboxylic acids is 2. The number of aryl methyl sites for hydroxylation is 1. The molecular formula is C31H26BrCl2NO6S. The van der Waals surface area contributed by atoms with Gasteiger partial charge in [-0.2, -0.15) is 0 Å². The lowest BCUT2D eigenvalue weighted by Gasteiger charge is -2.15. The van der Waals surface area contributed by atoms with Crippen LogP contribution in [-0.2, 0) is 16.1 Å². The molecule has 7 nitrogen and oxygen atoms in total. The number of aliphatic hydroxyl groups excluding tert-OH is 1. The Hall–Kier alpha value is -3.24. The highest BCUT2D eigenvalue weighted by molar-refractivity contribution is 9.10. The number of aliphatic hydroxyl groups is 1. The average Bonchev–Trinajstić information content (AvgIpc) is 3.24. The van der Waals surface area contributed by atoms with Crippen molar-refractivity contribution in [3.05, 3.63) is 108 Å². The van der Waals surface area contributed by atoms with Crippen LogP contribution in [0.3, 0.4) is 0 Å². The van der Waals surface area contributed by atoms with E-state index in [1.165, 1.54) is 0 Å². The van der Waals surface area contributed by atoms with Crippen LogP contribution >= 0.6 is 50.9 Å². The van der Waals surface area contributed by atoms with Crippen molar-refractivity contribution in [3.8, 4) is 11.5 Å². The van der Waals surface area contributed by atoms with Gasteiger partial charge >= 0.3 is 5.97 Å². The molecule has 42 heavy (non-hydrogen) atoms. The number of halogens is 3. The van der Waals surface area contributed by atoms with Gasteiger partial charge in [0.25, 0.3) is 5.91 Å². The highest BCUT2D eigenvalue weighted by Gasteiger charge is 2.34. The van der Waals surface area contributed by atoms with E-state index in [0.29, 0.717) is 48.7 Å². The average molecular weight is 691 g/mol. The molecule has 218 valence electrons. The Morgan fingerprint density at radius 3 is 2.40 bits per heavy atom. The first-order valence-corrected chi connectivity index (χ1v) is 15.2. The molecule has 0 radical (unpaired) electrons. The molecular weight excluding hydrogens is 665 g/mol. The molecule has 1 aliphatic rings. The summed E-state index contributed by atoms with van der Waals surface area (Å²) in [4.78, 5) is 30.1. The Morgan fingerprint density at radius 1 is 1.00 bits per heavy atom. The zero-order chi connectivity index (χ0) is 30.4. The van der Waals surface area contributed by atoms with Crippen LogP contribution in [0.15, 0.2) is 80.3 Å². The zero-order valence-electron chi connectivity index (χ0n) is 22.9. The topological polar surface area (TPSA) is 94.4 Å². The fourth-order valence-corrected chi connectivity index (χ4v) is 5.76. The minimum Gasteiger partial charge on any atom is -0.506 e. The maximum absolute atomic E-state index is 12.9. The molecule has 0 atom stereocenters. The highest BCUT2D eigenvalue weighted by Crippen LogP contribution is 2.42. The molecule has 4 rings (SSSR count). The third-order valence-electron chi connectivity index (χ3n) is 5.87. The van der Waals surface area contributed by atoms with Gasteiger partial charge < -0.3 is 19.3 Å². The molecule has 1 heterocycles. The minimum absolute atomic E-state index is 0.0495. The standard InChI is InChI=1S/C31H26BrCl2NO6S/c1-4-39-24-14-19(12-21(32)28(24)41-16-18-8-11-22(33)23(34)13-18)15-25-27(36)26(31(38)40-5-2)30(42-25)35-29(37)20-9-6-17(3)7-10-20/h6-15,36H,4-5,16H2,1-3H3/b25-15-,35-30?. The van der Waals surface area contributed by atoms with Crippen molar-refractivity contribution in [2.24, 2.45) is 4.99 Å². The van der Waals surface area contributed by atoms with E-state index in [4.69, 9.17) is 37.4 Å². The quantitative estimate of drug-likeness (QED) is 0.224. The van der Waals surface area contributed by atoms with Gasteiger partial charge in [0, 0.05) is 5.56 Å². The van der Waals surface area contributed by atoms with Crippen LogP contribution in [0.4, 0.5) is 0 Å². The second-order valence-electron chi connectivity index (χ2n) is 8.94. The first-order valence-electron chi connectivity index (χ1n) is 12.8. The van der Waals surface area contributed by atoms with Gasteiger partial charge in [0.15, 0.2) is 11.5 Å². The Kier molecular flexibility index (Phi) is 10.8. The van der Waals surface area contributed by atoms with Gasteiger partial charge in [0.2, 0.25) is 0 Å². The molecule has 0 fully saturated rings. The molecule has 0 saturated heterocycles. The van der Waals surface area contributed by atoms with Crippen molar-refractivity contribution in [1.29, 1.82) is 0 Å². The first kappa shape index (κ1) is 31.7. The Balaban J connectivity index is 1.67. The molecule has 1 N–H and O–H groups in total. The van der Waals surface area contributed by atoms with Crippen molar-refractivity contribution in [1.82, 2.24) is 0 Å². The van der Waals surface area contributed by atoms with Gasteiger partial charge in [-0.15, -0.1) is 0 Å². The summed E-state index contributed by atoms with van der Waals surface area (Å²) in [6.45, 7) is 6.09. The predicted octanol–water partition coefficient (Wildman–Crippen LogP) is 8.74. The lowest BCUT2D eigenvalue weighted by molar-refractivity contribution is -0.138. The van der Waals surface area contributed by atoms with E-state index >= 15 is 0 Å². The predicted molar refractivity (Wildman–Crippen MR) is 171 cm³/mol. The summed E-state index contributed by atoms with van der Waals surface area (Å²) in [6, 6.07) is 15.7. The molecule has 0 saturated carbocycles. The lowest BCUT2D eigenvalue weighted by atomic mass is 10.1. The molecule has 1 aliphatic heterocycles. The molecule has 0 aliphatic carbocycles. The van der Waals surface area contributed by atoms with Crippen molar-refractivity contribution < 1.29 is 28.9 Å². The van der Waals surface area contributed by atoms with E-state index < -0.39 is 11.9 Å². The van der Waals surface area contributed by atoms with E-state index in [0.717, 1.165) is 22.9 Å². The van der Waals surface area contributed by atoms with Crippen LogP contribution < -0.4 is 9.47 Å². The van der Waals surface area contributed by atoms with E-state index in [2.05, 4.69) is 20.9 Å². The third kappa shape index (κ3) is 7.58. The van der Waals surface area contributed by atoms with Gasteiger partial charge in [-0.25, -0.2) is 9.79 Å². The fraction of sp³-hybridized carbons (Fsp3) is 0.194. The maximum atomic E-state index is 12.9. The largest absolute Gasteiger partial charge is 0.506 e. The summed E-state index contributed by atoms with van der Waals surface area (Å²) in [5.41, 5.74) is 2.64. The number of ether oxygens (including phenoxy) is 3. The highest BCUT2D eigenvalue weighted by atomic mass is 79.9. The smallest absolute Gasteiger partial charge is 0.344 e. The lowest BCUT2D eigenvalue weighted by Crippen LogP contribution is -2.14. The van der Waals surface area contributed by atoms with Crippen LogP contribution in [0.5, 0.6) is 11.5 Å².